The molecule has 22 heavy (non-hydrogen) atoms. The Kier molecular flexibility index (Phi) is 5.48. The molecule has 1 aromatic rings. The highest BCUT2D eigenvalue weighted by atomic mass is 16.6. The number of ether oxygens (including phenoxy) is 1. The first kappa shape index (κ1) is 16.8. The van der Waals surface area contributed by atoms with Crippen molar-refractivity contribution in [1.29, 1.82) is 0 Å². The van der Waals surface area contributed by atoms with Gasteiger partial charge in [0, 0.05) is 30.9 Å². The molecule has 0 radical (unpaired) electrons. The van der Waals surface area contributed by atoms with E-state index in [1.54, 1.807) is 0 Å². The Morgan fingerprint density at radius 2 is 2.14 bits per heavy atom. The molecule has 1 saturated carbocycles. The summed E-state index contributed by atoms with van der Waals surface area (Å²) < 4.78 is 7.55. The van der Waals surface area contributed by atoms with Gasteiger partial charge in [0.1, 0.15) is 5.60 Å². The molecule has 0 aliphatic heterocycles. The van der Waals surface area contributed by atoms with Gasteiger partial charge in [0.15, 0.2) is 0 Å². The Hall–Kier alpha value is -1.52. The molecule has 1 aliphatic rings. The largest absolute Gasteiger partial charge is 0.444 e. The molecule has 0 bridgehead atoms. The van der Waals surface area contributed by atoms with Crippen molar-refractivity contribution >= 4 is 6.09 Å². The van der Waals surface area contributed by atoms with Gasteiger partial charge in [-0.05, 0) is 39.5 Å². The Labute approximate surface area is 133 Å². The van der Waals surface area contributed by atoms with E-state index in [2.05, 4.69) is 21.8 Å². The van der Waals surface area contributed by atoms with Crippen LogP contribution in [-0.4, -0.2) is 27.8 Å². The Bertz CT molecular complexity index is 490. The Balaban J connectivity index is 1.86. The molecule has 124 valence electrons. The number of imidazole rings is 1. The van der Waals surface area contributed by atoms with Gasteiger partial charge in [-0.1, -0.05) is 19.8 Å². The van der Waals surface area contributed by atoms with Crippen LogP contribution in [0.4, 0.5) is 4.79 Å². The standard InChI is InChI=1S/C17H29N3O2/c1-13-7-5-6-8-15(13)20-12-18-11-14(20)9-10-19-16(21)22-17(2,3)4/h11-13,15H,5-10H2,1-4H3,(H,19,21). The quantitative estimate of drug-likeness (QED) is 0.922. The highest BCUT2D eigenvalue weighted by molar-refractivity contribution is 5.67. The highest BCUT2D eigenvalue weighted by Crippen LogP contribution is 2.34. The van der Waals surface area contributed by atoms with E-state index in [1.165, 1.54) is 31.4 Å². The van der Waals surface area contributed by atoms with Crippen LogP contribution < -0.4 is 5.32 Å². The molecule has 5 heteroatoms. The van der Waals surface area contributed by atoms with Crippen LogP contribution in [0.15, 0.2) is 12.5 Å². The van der Waals surface area contributed by atoms with Crippen molar-refractivity contribution in [2.45, 2.75) is 71.4 Å². The lowest BCUT2D eigenvalue weighted by atomic mass is 9.85. The van der Waals surface area contributed by atoms with Crippen molar-refractivity contribution in [2.24, 2.45) is 5.92 Å². The lowest BCUT2D eigenvalue weighted by molar-refractivity contribution is 0.0528. The Morgan fingerprint density at radius 1 is 1.41 bits per heavy atom. The molecule has 0 saturated heterocycles. The van der Waals surface area contributed by atoms with Gasteiger partial charge in [0.05, 0.1) is 6.33 Å². The maximum Gasteiger partial charge on any atom is 0.407 e. The molecule has 1 aromatic heterocycles. The van der Waals surface area contributed by atoms with Gasteiger partial charge in [0.2, 0.25) is 0 Å². The molecule has 2 unspecified atom stereocenters. The summed E-state index contributed by atoms with van der Waals surface area (Å²) in [5.41, 5.74) is 0.735. The van der Waals surface area contributed by atoms with Crippen LogP contribution in [0.2, 0.25) is 0 Å². The molecule has 0 aromatic carbocycles. The summed E-state index contributed by atoms with van der Waals surface area (Å²) in [7, 11) is 0. The van der Waals surface area contributed by atoms with Crippen molar-refractivity contribution < 1.29 is 9.53 Å². The average Bonchev–Trinajstić information content (AvgIpc) is 2.85. The number of carbonyl (C=O) groups excluding carboxylic acids is 1. The van der Waals surface area contributed by atoms with Crippen molar-refractivity contribution in [3.63, 3.8) is 0 Å². The van der Waals surface area contributed by atoms with Crippen LogP contribution in [0.25, 0.3) is 0 Å². The molecule has 1 heterocycles. The fourth-order valence-corrected chi connectivity index (χ4v) is 3.14. The minimum absolute atomic E-state index is 0.357. The minimum Gasteiger partial charge on any atom is -0.444 e. The summed E-state index contributed by atoms with van der Waals surface area (Å²) in [6, 6.07) is 0.549. The van der Waals surface area contributed by atoms with Crippen LogP contribution in [0.5, 0.6) is 0 Å². The highest BCUT2D eigenvalue weighted by Gasteiger charge is 2.24. The minimum atomic E-state index is -0.455. The van der Waals surface area contributed by atoms with E-state index in [-0.39, 0.29) is 6.09 Å². The molecule has 1 fully saturated rings. The van der Waals surface area contributed by atoms with E-state index in [0.29, 0.717) is 18.5 Å². The maximum absolute atomic E-state index is 11.7. The van der Waals surface area contributed by atoms with Crippen LogP contribution in [0.1, 0.15) is 65.1 Å². The molecular formula is C17H29N3O2. The van der Waals surface area contributed by atoms with Gasteiger partial charge in [-0.2, -0.15) is 0 Å². The number of aromatic nitrogens is 2. The third-order valence-electron chi connectivity index (χ3n) is 4.22. The summed E-state index contributed by atoms with van der Waals surface area (Å²) in [5, 5.41) is 2.82. The normalized spacial score (nSPS) is 22.4. The summed E-state index contributed by atoms with van der Waals surface area (Å²) in [6.07, 6.45) is 9.42. The van der Waals surface area contributed by atoms with E-state index in [9.17, 15) is 4.79 Å². The number of nitrogens with zero attached hydrogens (tertiary/aromatic N) is 2. The van der Waals surface area contributed by atoms with Gasteiger partial charge in [0.25, 0.3) is 0 Å². The first-order valence-corrected chi connectivity index (χ1v) is 8.34. The zero-order valence-corrected chi connectivity index (χ0v) is 14.3. The fourth-order valence-electron chi connectivity index (χ4n) is 3.14. The van der Waals surface area contributed by atoms with Crippen LogP contribution >= 0.6 is 0 Å². The molecular weight excluding hydrogens is 278 g/mol. The van der Waals surface area contributed by atoms with Gasteiger partial charge in [-0.3, -0.25) is 0 Å². The van der Waals surface area contributed by atoms with Gasteiger partial charge in [-0.15, -0.1) is 0 Å². The molecule has 2 rings (SSSR count). The van der Waals surface area contributed by atoms with Crippen molar-refractivity contribution in [3.05, 3.63) is 18.2 Å². The van der Waals surface area contributed by atoms with Crippen LogP contribution in [0, 0.1) is 5.92 Å². The smallest absolute Gasteiger partial charge is 0.407 e. The lowest BCUT2D eigenvalue weighted by Gasteiger charge is -2.31. The third-order valence-corrected chi connectivity index (χ3v) is 4.22. The number of alkyl carbamates (subject to hydrolysis) is 1. The molecule has 1 amide bonds. The van der Waals surface area contributed by atoms with Crippen LogP contribution in [-0.2, 0) is 11.2 Å². The van der Waals surface area contributed by atoms with Crippen molar-refractivity contribution in [2.75, 3.05) is 6.54 Å². The number of nitrogens with one attached hydrogen (secondary N) is 1. The fraction of sp³-hybridized carbons (Fsp3) is 0.765. The zero-order valence-electron chi connectivity index (χ0n) is 14.3. The monoisotopic (exact) mass is 307 g/mol. The van der Waals surface area contributed by atoms with E-state index < -0.39 is 5.60 Å². The van der Waals surface area contributed by atoms with Crippen molar-refractivity contribution in [1.82, 2.24) is 14.9 Å². The van der Waals surface area contributed by atoms with Gasteiger partial charge < -0.3 is 14.6 Å². The molecule has 1 aliphatic carbocycles. The summed E-state index contributed by atoms with van der Waals surface area (Å²) in [4.78, 5) is 16.0. The molecule has 0 spiro atoms. The van der Waals surface area contributed by atoms with E-state index >= 15 is 0 Å². The van der Waals surface area contributed by atoms with Crippen LogP contribution in [0.3, 0.4) is 0 Å². The SMILES string of the molecule is CC1CCCCC1n1cncc1CCNC(=O)OC(C)(C)C. The first-order chi connectivity index (χ1) is 10.4. The number of carbonyl (C=O) groups is 1. The summed E-state index contributed by atoms with van der Waals surface area (Å²) in [5.74, 6) is 0.695. The Morgan fingerprint density at radius 3 is 2.82 bits per heavy atom. The first-order valence-electron chi connectivity index (χ1n) is 8.34. The predicted molar refractivity (Wildman–Crippen MR) is 86.8 cm³/mol. The van der Waals surface area contributed by atoms with Crippen molar-refractivity contribution in [3.8, 4) is 0 Å². The number of hydrogen-bond donors (Lipinski definition) is 1. The second-order valence-corrected chi connectivity index (χ2v) is 7.30. The molecule has 5 nitrogen and oxygen atoms in total. The van der Waals surface area contributed by atoms with E-state index in [1.807, 2.05) is 33.3 Å². The van der Waals surface area contributed by atoms with E-state index in [4.69, 9.17) is 4.74 Å². The second-order valence-electron chi connectivity index (χ2n) is 7.30. The number of amides is 1. The van der Waals surface area contributed by atoms with Gasteiger partial charge >= 0.3 is 6.09 Å². The second kappa shape index (κ2) is 7.16. The zero-order chi connectivity index (χ0) is 16.2. The van der Waals surface area contributed by atoms with E-state index in [0.717, 1.165) is 6.42 Å². The molecule has 1 N–H and O–H groups in total. The average molecular weight is 307 g/mol. The predicted octanol–water partition coefficient (Wildman–Crippen LogP) is 3.70. The summed E-state index contributed by atoms with van der Waals surface area (Å²) >= 11 is 0. The number of hydrogen-bond acceptors (Lipinski definition) is 3. The topological polar surface area (TPSA) is 56.2 Å². The lowest BCUT2D eigenvalue weighted by Crippen LogP contribution is -2.34. The third kappa shape index (κ3) is 4.75. The molecule has 2 atom stereocenters. The maximum atomic E-state index is 11.7. The number of rotatable bonds is 4. The van der Waals surface area contributed by atoms with Gasteiger partial charge in [-0.25, -0.2) is 9.78 Å². The summed E-state index contributed by atoms with van der Waals surface area (Å²) in [6.45, 7) is 8.50.